The molecule has 0 bridgehead atoms. The molecule has 0 spiro atoms. The van der Waals surface area contributed by atoms with Gasteiger partial charge in [-0.2, -0.15) is 0 Å². The molecule has 0 saturated heterocycles. The highest BCUT2D eigenvalue weighted by Gasteiger charge is 2.34. The maximum absolute atomic E-state index is 13.7. The second kappa shape index (κ2) is 6.71. The highest BCUT2D eigenvalue weighted by atomic mass is 35.5. The van der Waals surface area contributed by atoms with E-state index in [0.717, 1.165) is 6.07 Å². The summed E-state index contributed by atoms with van der Waals surface area (Å²) in [5, 5.41) is 13.8. The zero-order valence-corrected chi connectivity index (χ0v) is 12.3. The zero-order chi connectivity index (χ0) is 16.2. The smallest absolute Gasteiger partial charge is 0.255 e. The maximum atomic E-state index is 13.7. The van der Waals surface area contributed by atoms with Gasteiger partial charge in [-0.15, -0.1) is 0 Å². The molecule has 0 aliphatic rings. The first-order valence-corrected chi connectivity index (χ1v) is 6.64. The van der Waals surface area contributed by atoms with Crippen LogP contribution in [-0.2, 0) is 0 Å². The molecule has 0 fully saturated rings. The van der Waals surface area contributed by atoms with Crippen molar-refractivity contribution in [1.29, 1.82) is 0 Å². The molecule has 0 saturated carbocycles. The van der Waals surface area contributed by atoms with E-state index in [4.69, 9.17) is 22.5 Å². The summed E-state index contributed by atoms with van der Waals surface area (Å²) in [5.74, 6) is -2.96. The molecule has 0 radical (unpaired) electrons. The fourth-order valence-corrected chi connectivity index (χ4v) is 2.08. The van der Waals surface area contributed by atoms with E-state index in [-0.39, 0.29) is 5.84 Å². The lowest BCUT2D eigenvalue weighted by Crippen LogP contribution is -2.57. The molecule has 1 rings (SSSR count). The number of rotatable bonds is 5. The van der Waals surface area contributed by atoms with Crippen molar-refractivity contribution in [1.82, 2.24) is 5.32 Å². The molecule has 0 unspecified atom stereocenters. The standard InChI is InChI=1S/C13H16ClF2N3O2/c1-3-13(4-2,12(17)19-21)18-11(20)7-5-10(16)8(14)6-9(7)15/h5-6,21H,3-4H2,1-2H3,(H2,17,19)(H,18,20). The summed E-state index contributed by atoms with van der Waals surface area (Å²) in [7, 11) is 0. The lowest BCUT2D eigenvalue weighted by molar-refractivity contribution is 0.0913. The summed E-state index contributed by atoms with van der Waals surface area (Å²) >= 11 is 5.43. The van der Waals surface area contributed by atoms with Crippen LogP contribution in [0.25, 0.3) is 0 Å². The SMILES string of the molecule is CCC(CC)(NC(=O)c1cc(F)c(Cl)cc1F)/C(N)=N/O. The van der Waals surface area contributed by atoms with Gasteiger partial charge in [-0.1, -0.05) is 30.6 Å². The van der Waals surface area contributed by atoms with E-state index in [9.17, 15) is 13.6 Å². The fourth-order valence-electron chi connectivity index (χ4n) is 1.93. The quantitative estimate of drug-likeness (QED) is 0.256. The number of benzene rings is 1. The number of nitrogens with two attached hydrogens (primary N) is 1. The molecule has 116 valence electrons. The van der Waals surface area contributed by atoms with Crippen molar-refractivity contribution in [3.05, 3.63) is 34.4 Å². The first-order chi connectivity index (χ1) is 9.81. The van der Waals surface area contributed by atoms with Crippen molar-refractivity contribution >= 4 is 23.3 Å². The summed E-state index contributed by atoms with van der Waals surface area (Å²) in [6, 6.07) is 1.42. The predicted octanol–water partition coefficient (Wildman–Crippen LogP) is 2.65. The van der Waals surface area contributed by atoms with Crippen LogP contribution >= 0.6 is 11.6 Å². The number of hydrogen-bond donors (Lipinski definition) is 3. The molecule has 0 heterocycles. The molecule has 1 aromatic carbocycles. The van der Waals surface area contributed by atoms with Crippen LogP contribution in [-0.4, -0.2) is 22.5 Å². The predicted molar refractivity (Wildman–Crippen MR) is 75.6 cm³/mol. The van der Waals surface area contributed by atoms with Crippen molar-refractivity contribution in [3.63, 3.8) is 0 Å². The molecule has 0 aliphatic carbocycles. The molecule has 8 heteroatoms. The van der Waals surface area contributed by atoms with Gasteiger partial charge in [0.25, 0.3) is 5.91 Å². The molecule has 0 atom stereocenters. The van der Waals surface area contributed by atoms with Gasteiger partial charge in [0.15, 0.2) is 5.84 Å². The highest BCUT2D eigenvalue weighted by molar-refractivity contribution is 6.30. The van der Waals surface area contributed by atoms with E-state index >= 15 is 0 Å². The average Bonchev–Trinajstić information content (AvgIpc) is 2.47. The molecule has 1 amide bonds. The summed E-state index contributed by atoms with van der Waals surface area (Å²) in [5.41, 5.74) is 3.94. The lowest BCUT2D eigenvalue weighted by atomic mass is 9.91. The number of nitrogens with zero attached hydrogens (tertiary/aromatic N) is 1. The number of oxime groups is 1. The molecular weight excluding hydrogens is 304 g/mol. The third kappa shape index (κ3) is 3.41. The Morgan fingerprint density at radius 2 is 1.95 bits per heavy atom. The summed E-state index contributed by atoms with van der Waals surface area (Å²) in [4.78, 5) is 12.1. The summed E-state index contributed by atoms with van der Waals surface area (Å²) < 4.78 is 27.1. The van der Waals surface area contributed by atoms with Crippen molar-refractivity contribution in [3.8, 4) is 0 Å². The lowest BCUT2D eigenvalue weighted by Gasteiger charge is -2.31. The normalized spacial score (nSPS) is 12.3. The first kappa shape index (κ1) is 17.2. The number of halogens is 3. The van der Waals surface area contributed by atoms with Gasteiger partial charge < -0.3 is 16.3 Å². The zero-order valence-electron chi connectivity index (χ0n) is 11.6. The minimum absolute atomic E-state index is 0.212. The van der Waals surface area contributed by atoms with Crippen LogP contribution in [0.3, 0.4) is 0 Å². The number of amides is 1. The number of carbonyl (C=O) groups is 1. The second-order valence-corrected chi connectivity index (χ2v) is 4.88. The Morgan fingerprint density at radius 3 is 2.43 bits per heavy atom. The molecule has 5 nitrogen and oxygen atoms in total. The van der Waals surface area contributed by atoms with E-state index in [2.05, 4.69) is 10.5 Å². The molecule has 21 heavy (non-hydrogen) atoms. The van der Waals surface area contributed by atoms with E-state index < -0.39 is 33.7 Å². The van der Waals surface area contributed by atoms with Gasteiger partial charge in [-0.25, -0.2) is 8.78 Å². The van der Waals surface area contributed by atoms with Crippen molar-refractivity contribution in [2.75, 3.05) is 0 Å². The van der Waals surface area contributed by atoms with Gasteiger partial charge in [-0.05, 0) is 25.0 Å². The van der Waals surface area contributed by atoms with Crippen LogP contribution in [0.5, 0.6) is 0 Å². The van der Waals surface area contributed by atoms with Crippen LogP contribution in [0.4, 0.5) is 8.78 Å². The molecular formula is C13H16ClF2N3O2. The highest BCUT2D eigenvalue weighted by Crippen LogP contribution is 2.21. The van der Waals surface area contributed by atoms with Gasteiger partial charge in [0, 0.05) is 0 Å². The Morgan fingerprint density at radius 1 is 1.38 bits per heavy atom. The monoisotopic (exact) mass is 319 g/mol. The van der Waals surface area contributed by atoms with Gasteiger partial charge in [-0.3, -0.25) is 4.79 Å². The van der Waals surface area contributed by atoms with Crippen LogP contribution < -0.4 is 11.1 Å². The Kier molecular flexibility index (Phi) is 5.48. The van der Waals surface area contributed by atoms with E-state index in [1.54, 1.807) is 13.8 Å². The van der Waals surface area contributed by atoms with Crippen LogP contribution in [0.2, 0.25) is 5.02 Å². The molecule has 4 N–H and O–H groups in total. The van der Waals surface area contributed by atoms with Gasteiger partial charge >= 0.3 is 0 Å². The number of amidine groups is 1. The maximum Gasteiger partial charge on any atom is 0.255 e. The van der Waals surface area contributed by atoms with Crippen molar-refractivity contribution < 1.29 is 18.8 Å². The third-order valence-electron chi connectivity index (χ3n) is 3.41. The molecule has 1 aromatic rings. The van der Waals surface area contributed by atoms with Gasteiger partial charge in [0.05, 0.1) is 10.6 Å². The fraction of sp³-hybridized carbons (Fsp3) is 0.385. The molecule has 0 aliphatic heterocycles. The largest absolute Gasteiger partial charge is 0.409 e. The van der Waals surface area contributed by atoms with Crippen molar-refractivity contribution in [2.45, 2.75) is 32.2 Å². The first-order valence-electron chi connectivity index (χ1n) is 6.26. The van der Waals surface area contributed by atoms with E-state index in [0.29, 0.717) is 18.9 Å². The third-order valence-corrected chi connectivity index (χ3v) is 3.70. The van der Waals surface area contributed by atoms with E-state index in [1.165, 1.54) is 0 Å². The van der Waals surface area contributed by atoms with Gasteiger partial charge in [0.2, 0.25) is 0 Å². The molecule has 0 aromatic heterocycles. The number of nitrogens with one attached hydrogen (secondary N) is 1. The van der Waals surface area contributed by atoms with Crippen LogP contribution in [0.15, 0.2) is 17.3 Å². The van der Waals surface area contributed by atoms with Crippen molar-refractivity contribution in [2.24, 2.45) is 10.9 Å². The topological polar surface area (TPSA) is 87.7 Å². The van der Waals surface area contributed by atoms with Crippen LogP contribution in [0.1, 0.15) is 37.0 Å². The Bertz CT molecular complexity index is 575. The Hall–Kier alpha value is -1.89. The van der Waals surface area contributed by atoms with Gasteiger partial charge in [0.1, 0.15) is 17.2 Å². The summed E-state index contributed by atoms with van der Waals surface area (Å²) in [6.07, 6.45) is 0.617. The average molecular weight is 320 g/mol. The Balaban J connectivity index is 3.17. The minimum Gasteiger partial charge on any atom is -0.409 e. The number of carbonyl (C=O) groups excluding carboxylic acids is 1. The second-order valence-electron chi connectivity index (χ2n) is 4.47. The Labute approximate surface area is 125 Å². The number of hydrogen-bond acceptors (Lipinski definition) is 3. The minimum atomic E-state index is -1.14. The summed E-state index contributed by atoms with van der Waals surface area (Å²) in [6.45, 7) is 3.42. The van der Waals surface area contributed by atoms with Crippen LogP contribution in [0, 0.1) is 11.6 Å². The van der Waals surface area contributed by atoms with E-state index in [1.807, 2.05) is 0 Å².